The molecule has 0 spiro atoms. The molecule has 158 valence electrons. The van der Waals surface area contributed by atoms with Gasteiger partial charge in [-0.05, 0) is 31.2 Å². The smallest absolute Gasteiger partial charge is 0.408 e. The van der Waals surface area contributed by atoms with E-state index in [4.69, 9.17) is 9.84 Å². The first-order chi connectivity index (χ1) is 14.0. The number of aliphatic hydroxyl groups excluding tert-OH is 1. The molecule has 0 aromatic heterocycles. The molecule has 3 amide bonds. The van der Waals surface area contributed by atoms with Gasteiger partial charge in [-0.15, -0.1) is 0 Å². The van der Waals surface area contributed by atoms with Crippen LogP contribution in [0.25, 0.3) is 0 Å². The fourth-order valence-corrected chi connectivity index (χ4v) is 4.23. The van der Waals surface area contributed by atoms with Crippen molar-refractivity contribution in [2.45, 2.75) is 50.4 Å². The molecule has 1 aliphatic heterocycles. The summed E-state index contributed by atoms with van der Waals surface area (Å²) in [4.78, 5) is 37.4. The van der Waals surface area contributed by atoms with Crippen molar-refractivity contribution >= 4 is 18.1 Å². The molecule has 0 radical (unpaired) electrons. The third-order valence-electron chi connectivity index (χ3n) is 5.65. The largest absolute Gasteiger partial charge is 0.465 e. The molecule has 0 bridgehead atoms. The fourth-order valence-electron chi connectivity index (χ4n) is 4.23. The topological polar surface area (TPSA) is 128 Å². The average Bonchev–Trinajstić information content (AvgIpc) is 3.06. The Hall–Kier alpha value is -2.81. The van der Waals surface area contributed by atoms with Gasteiger partial charge in [-0.1, -0.05) is 30.3 Å². The van der Waals surface area contributed by atoms with E-state index in [-0.39, 0.29) is 37.1 Å². The van der Waals surface area contributed by atoms with Gasteiger partial charge in [0.15, 0.2) is 0 Å². The van der Waals surface area contributed by atoms with Crippen molar-refractivity contribution in [3.05, 3.63) is 35.9 Å². The zero-order valence-electron chi connectivity index (χ0n) is 16.1. The number of rotatable bonds is 6. The minimum absolute atomic E-state index is 0.122. The highest BCUT2D eigenvalue weighted by Crippen LogP contribution is 2.31. The first-order valence-electron chi connectivity index (χ1n) is 9.86. The van der Waals surface area contributed by atoms with Gasteiger partial charge in [0, 0.05) is 31.2 Å². The van der Waals surface area contributed by atoms with Gasteiger partial charge in [0.05, 0.1) is 0 Å². The highest BCUT2D eigenvalue weighted by Gasteiger charge is 2.42. The van der Waals surface area contributed by atoms with E-state index in [1.165, 1.54) is 0 Å². The fraction of sp³-hybridized carbons (Fsp3) is 0.550. The molecule has 1 saturated heterocycles. The van der Waals surface area contributed by atoms with Crippen molar-refractivity contribution in [2.75, 3.05) is 13.2 Å². The van der Waals surface area contributed by atoms with Crippen LogP contribution in [-0.4, -0.2) is 64.5 Å². The predicted octanol–water partition coefficient (Wildman–Crippen LogP) is 1.31. The Balaban J connectivity index is 1.51. The van der Waals surface area contributed by atoms with Crippen LogP contribution in [-0.2, 0) is 16.1 Å². The molecular weight excluding hydrogens is 378 g/mol. The van der Waals surface area contributed by atoms with Crippen LogP contribution in [0.2, 0.25) is 0 Å². The van der Waals surface area contributed by atoms with Crippen molar-refractivity contribution in [1.82, 2.24) is 15.5 Å². The molecule has 2 aliphatic rings. The predicted molar refractivity (Wildman–Crippen MR) is 103 cm³/mol. The number of hydrogen-bond acceptors (Lipinski definition) is 5. The van der Waals surface area contributed by atoms with Crippen LogP contribution in [0.15, 0.2) is 30.3 Å². The summed E-state index contributed by atoms with van der Waals surface area (Å²) < 4.78 is 5.19. The lowest BCUT2D eigenvalue weighted by Crippen LogP contribution is -2.52. The molecule has 1 aromatic carbocycles. The van der Waals surface area contributed by atoms with E-state index in [0.29, 0.717) is 32.2 Å². The third-order valence-corrected chi connectivity index (χ3v) is 5.65. The first kappa shape index (κ1) is 20.9. The lowest BCUT2D eigenvalue weighted by atomic mass is 9.81. The number of amides is 3. The molecule has 1 aromatic rings. The second kappa shape index (κ2) is 9.60. The zero-order chi connectivity index (χ0) is 20.8. The van der Waals surface area contributed by atoms with Crippen molar-refractivity contribution in [3.63, 3.8) is 0 Å². The maximum Gasteiger partial charge on any atom is 0.408 e. The van der Waals surface area contributed by atoms with Gasteiger partial charge in [0.2, 0.25) is 5.91 Å². The number of alkyl carbamates (subject to hydrolysis) is 1. The Labute approximate surface area is 169 Å². The maximum absolute atomic E-state index is 12.8. The first-order valence-corrected chi connectivity index (χ1v) is 9.86. The molecule has 4 N–H and O–H groups in total. The average molecular weight is 405 g/mol. The normalized spacial score (nSPS) is 26.8. The molecule has 29 heavy (non-hydrogen) atoms. The summed E-state index contributed by atoms with van der Waals surface area (Å²) in [6.07, 6.45) is 0.448. The van der Waals surface area contributed by atoms with E-state index >= 15 is 0 Å². The number of benzene rings is 1. The van der Waals surface area contributed by atoms with Crippen LogP contribution in [0, 0.1) is 5.92 Å². The Bertz CT molecular complexity index is 728. The van der Waals surface area contributed by atoms with Crippen LogP contribution in [0.3, 0.4) is 0 Å². The Kier molecular flexibility index (Phi) is 6.92. The number of aliphatic hydroxyl groups is 1. The van der Waals surface area contributed by atoms with E-state index in [1.807, 2.05) is 30.3 Å². The van der Waals surface area contributed by atoms with Gasteiger partial charge in [-0.3, -0.25) is 4.79 Å². The van der Waals surface area contributed by atoms with E-state index < -0.39 is 18.2 Å². The van der Waals surface area contributed by atoms with Gasteiger partial charge in [-0.2, -0.15) is 0 Å². The van der Waals surface area contributed by atoms with Crippen LogP contribution < -0.4 is 10.6 Å². The lowest BCUT2D eigenvalue weighted by molar-refractivity contribution is -0.133. The van der Waals surface area contributed by atoms with Crippen molar-refractivity contribution in [2.24, 2.45) is 5.92 Å². The molecule has 9 heteroatoms. The second-order valence-corrected chi connectivity index (χ2v) is 7.55. The molecule has 4 atom stereocenters. The van der Waals surface area contributed by atoms with Crippen LogP contribution in [0.5, 0.6) is 0 Å². The summed E-state index contributed by atoms with van der Waals surface area (Å²) in [5.41, 5.74) is 0.861. The number of hydrogen-bond donors (Lipinski definition) is 4. The molecule has 9 nitrogen and oxygen atoms in total. The Morgan fingerprint density at radius 1 is 1.14 bits per heavy atom. The van der Waals surface area contributed by atoms with E-state index in [2.05, 4.69) is 10.6 Å². The summed E-state index contributed by atoms with van der Waals surface area (Å²) in [5.74, 6) is -0.386. The van der Waals surface area contributed by atoms with E-state index in [1.54, 1.807) is 4.90 Å². The Morgan fingerprint density at radius 2 is 1.90 bits per heavy atom. The van der Waals surface area contributed by atoms with Gasteiger partial charge >= 0.3 is 12.2 Å². The summed E-state index contributed by atoms with van der Waals surface area (Å²) in [6, 6.07) is 8.25. The third kappa shape index (κ3) is 5.38. The van der Waals surface area contributed by atoms with Gasteiger partial charge in [0.25, 0.3) is 0 Å². The minimum Gasteiger partial charge on any atom is -0.465 e. The van der Waals surface area contributed by atoms with E-state index in [9.17, 15) is 19.5 Å². The van der Waals surface area contributed by atoms with Crippen molar-refractivity contribution in [3.8, 4) is 0 Å². The molecule has 1 saturated carbocycles. The van der Waals surface area contributed by atoms with Crippen LogP contribution >= 0.6 is 0 Å². The van der Waals surface area contributed by atoms with Crippen LogP contribution in [0.4, 0.5) is 9.59 Å². The minimum atomic E-state index is -1.08. The molecular formula is C20H27N3O6. The van der Waals surface area contributed by atoms with Gasteiger partial charge in [-0.25, -0.2) is 9.59 Å². The highest BCUT2D eigenvalue weighted by molar-refractivity contribution is 5.87. The van der Waals surface area contributed by atoms with Crippen LogP contribution in [0.1, 0.15) is 31.2 Å². The molecule has 1 heterocycles. The number of carboxylic acid groups (broad SMARTS) is 1. The van der Waals surface area contributed by atoms with E-state index in [0.717, 1.165) is 5.56 Å². The summed E-state index contributed by atoms with van der Waals surface area (Å²) in [5, 5.41) is 23.7. The number of nitrogens with one attached hydrogen (secondary N) is 2. The molecule has 1 aliphatic carbocycles. The number of ether oxygens (including phenoxy) is 1. The maximum atomic E-state index is 12.8. The molecule has 3 rings (SSSR count). The SMILES string of the molecule is O=C(O)N[C@@H]1CC[C@H](N2CC[C@H](NC(=O)OCc3ccccc3)C2=O)[C@H](CO)C1. The van der Waals surface area contributed by atoms with Gasteiger partial charge < -0.3 is 30.5 Å². The monoisotopic (exact) mass is 405 g/mol. The quantitative estimate of drug-likeness (QED) is 0.565. The summed E-state index contributed by atoms with van der Waals surface area (Å²) in [6.45, 7) is 0.495. The standard InChI is InChI=1S/C20H27N3O6/c24-11-14-10-15(21-19(26)27)6-7-17(14)23-9-8-16(18(23)25)22-20(28)29-12-13-4-2-1-3-5-13/h1-5,14-17,21,24H,6-12H2,(H,22,28)(H,26,27)/t14-,15+,16-,17-/m0/s1. The highest BCUT2D eigenvalue weighted by atomic mass is 16.5. The van der Waals surface area contributed by atoms with Gasteiger partial charge in [0.1, 0.15) is 12.6 Å². The number of nitrogens with zero attached hydrogens (tertiary/aromatic N) is 1. The number of likely N-dealkylation sites (tertiary alicyclic amines) is 1. The number of carbonyl (C=O) groups excluding carboxylic acids is 2. The summed E-state index contributed by atoms with van der Waals surface area (Å²) >= 11 is 0. The summed E-state index contributed by atoms with van der Waals surface area (Å²) in [7, 11) is 0. The number of carbonyl (C=O) groups is 3. The Morgan fingerprint density at radius 3 is 2.59 bits per heavy atom. The second-order valence-electron chi connectivity index (χ2n) is 7.55. The lowest BCUT2D eigenvalue weighted by Gasteiger charge is -2.40. The molecule has 2 fully saturated rings. The van der Waals surface area contributed by atoms with Crippen molar-refractivity contribution < 1.29 is 29.3 Å². The van der Waals surface area contributed by atoms with Crippen molar-refractivity contribution in [1.29, 1.82) is 0 Å². The zero-order valence-corrected chi connectivity index (χ0v) is 16.1. The molecule has 0 unspecified atom stereocenters.